The molecule has 0 bridgehead atoms. The minimum absolute atomic E-state index is 0.0304. The average molecular weight is 431 g/mol. The van der Waals surface area contributed by atoms with Gasteiger partial charge < -0.3 is 13.3 Å². The third-order valence-electron chi connectivity index (χ3n) is 7.04. The first-order valence-electron chi connectivity index (χ1n) is 9.38. The summed E-state index contributed by atoms with van der Waals surface area (Å²) in [4.78, 5) is 0. The van der Waals surface area contributed by atoms with Crippen LogP contribution in [0, 0.1) is 17.3 Å². The highest BCUT2D eigenvalue weighted by molar-refractivity contribution is 7.81. The molecule has 4 rings (SSSR count). The lowest BCUT2D eigenvalue weighted by Crippen LogP contribution is -2.45. The SMILES string of the molecule is C[C@]12CC[C@@H]3c4ccc(OS(=O)(=O)[O-])cc4CC[C@H]3[C@@H]1CC[C@@H]2OS(=O)(=O)[O-]. The largest absolute Gasteiger partial charge is 0.726 e. The number of aryl methyl sites for hydroxylation is 1. The normalized spacial score (nSPS) is 35.0. The van der Waals surface area contributed by atoms with E-state index in [-0.39, 0.29) is 23.0 Å². The van der Waals surface area contributed by atoms with Crippen LogP contribution < -0.4 is 4.18 Å². The van der Waals surface area contributed by atoms with Crippen LogP contribution in [0.25, 0.3) is 0 Å². The standard InChI is InChI=1S/C18H24O8S2/c1-18-9-8-14-13-5-3-12(25-27(19,20)21)10-11(13)2-4-15(14)16(18)6-7-17(18)26-28(22,23)24/h3,5,10,14-17H,2,4,6-9H2,1H3,(H,19,20,21)(H,22,23,24)/p-2/t14-,15-,16+,17+,18+/m1/s1. The number of rotatable bonds is 4. The molecular formula is C18H22O8S2-2. The van der Waals surface area contributed by atoms with Crippen LogP contribution in [0.3, 0.4) is 0 Å². The Labute approximate surface area is 165 Å². The van der Waals surface area contributed by atoms with E-state index in [0.29, 0.717) is 12.3 Å². The molecule has 0 aliphatic heterocycles. The third-order valence-corrected chi connectivity index (χ3v) is 7.91. The second kappa shape index (κ2) is 6.66. The van der Waals surface area contributed by atoms with Gasteiger partial charge in [-0.2, -0.15) is 0 Å². The molecule has 3 aliphatic rings. The van der Waals surface area contributed by atoms with Gasteiger partial charge in [-0.3, -0.25) is 4.18 Å². The zero-order valence-corrected chi connectivity index (χ0v) is 17.0. The zero-order chi connectivity index (χ0) is 20.3. The molecule has 0 aromatic heterocycles. The Morgan fingerprint density at radius 3 is 2.46 bits per heavy atom. The topological polar surface area (TPSA) is 133 Å². The Morgan fingerprint density at radius 1 is 1.04 bits per heavy atom. The number of benzene rings is 1. The highest BCUT2D eigenvalue weighted by atomic mass is 32.3. The maximum absolute atomic E-state index is 11.1. The predicted octanol–water partition coefficient (Wildman–Crippen LogP) is 2.23. The lowest BCUT2D eigenvalue weighted by atomic mass is 9.55. The van der Waals surface area contributed by atoms with E-state index in [1.165, 1.54) is 6.07 Å². The fourth-order valence-corrected chi connectivity index (χ4v) is 6.92. The van der Waals surface area contributed by atoms with Gasteiger partial charge in [-0.1, -0.05) is 13.0 Å². The van der Waals surface area contributed by atoms with Crippen molar-refractivity contribution in [3.05, 3.63) is 29.3 Å². The van der Waals surface area contributed by atoms with Gasteiger partial charge >= 0.3 is 0 Å². The molecule has 1 aromatic rings. The number of fused-ring (bicyclic) bond motifs is 5. The molecule has 0 N–H and O–H groups in total. The molecule has 0 saturated heterocycles. The molecule has 5 atom stereocenters. The monoisotopic (exact) mass is 430 g/mol. The van der Waals surface area contributed by atoms with E-state index in [9.17, 15) is 25.9 Å². The van der Waals surface area contributed by atoms with E-state index in [2.05, 4.69) is 4.18 Å². The van der Waals surface area contributed by atoms with Gasteiger partial charge in [0.1, 0.15) is 5.75 Å². The van der Waals surface area contributed by atoms with Gasteiger partial charge in [-0.05, 0) is 85.0 Å². The predicted molar refractivity (Wildman–Crippen MR) is 96.0 cm³/mol. The highest BCUT2D eigenvalue weighted by Crippen LogP contribution is 2.61. The van der Waals surface area contributed by atoms with Crippen LogP contribution in [-0.4, -0.2) is 32.0 Å². The molecule has 1 aromatic carbocycles. The van der Waals surface area contributed by atoms with E-state index in [1.54, 1.807) is 6.07 Å². The molecule has 0 unspecified atom stereocenters. The molecule has 10 heteroatoms. The van der Waals surface area contributed by atoms with Crippen LogP contribution in [0.4, 0.5) is 0 Å². The summed E-state index contributed by atoms with van der Waals surface area (Å²) in [7, 11) is -9.54. The molecule has 0 spiro atoms. The second-order valence-corrected chi connectivity index (χ2v) is 10.4. The van der Waals surface area contributed by atoms with Crippen molar-refractivity contribution in [1.82, 2.24) is 0 Å². The Morgan fingerprint density at radius 2 is 1.79 bits per heavy atom. The molecule has 0 amide bonds. The van der Waals surface area contributed by atoms with Crippen LogP contribution in [0.1, 0.15) is 56.1 Å². The second-order valence-electron chi connectivity index (χ2n) is 8.38. The van der Waals surface area contributed by atoms with Gasteiger partial charge in [0, 0.05) is 0 Å². The van der Waals surface area contributed by atoms with E-state index < -0.39 is 26.9 Å². The van der Waals surface area contributed by atoms with E-state index in [0.717, 1.165) is 43.2 Å². The molecule has 3 aliphatic carbocycles. The van der Waals surface area contributed by atoms with Gasteiger partial charge in [0.05, 0.1) is 6.10 Å². The maximum atomic E-state index is 11.1. The van der Waals surface area contributed by atoms with Crippen molar-refractivity contribution < 1.29 is 34.3 Å². The molecule has 0 heterocycles. The van der Waals surface area contributed by atoms with Crippen molar-refractivity contribution in [2.45, 2.75) is 57.5 Å². The Bertz CT molecular complexity index is 987. The molecule has 156 valence electrons. The maximum Gasteiger partial charge on any atom is 0.262 e. The van der Waals surface area contributed by atoms with E-state index in [1.807, 2.05) is 13.0 Å². The summed E-state index contributed by atoms with van der Waals surface area (Å²) < 4.78 is 75.2. The van der Waals surface area contributed by atoms with Gasteiger partial charge in [-0.25, -0.2) is 16.8 Å². The van der Waals surface area contributed by atoms with Crippen LogP contribution in [0.2, 0.25) is 0 Å². The number of hydrogen-bond donors (Lipinski definition) is 0. The Balaban J connectivity index is 1.59. The summed E-state index contributed by atoms with van der Waals surface area (Å²) >= 11 is 0. The molecule has 28 heavy (non-hydrogen) atoms. The fraction of sp³-hybridized carbons (Fsp3) is 0.667. The Kier molecular flexibility index (Phi) is 4.78. The van der Waals surface area contributed by atoms with Crippen molar-refractivity contribution in [2.75, 3.05) is 0 Å². The molecular weight excluding hydrogens is 408 g/mol. The van der Waals surface area contributed by atoms with Crippen LogP contribution in [0.5, 0.6) is 5.75 Å². The lowest BCUT2D eigenvalue weighted by molar-refractivity contribution is -0.0126. The molecule has 0 radical (unpaired) electrons. The molecule has 2 saturated carbocycles. The average Bonchev–Trinajstić information content (AvgIpc) is 2.88. The highest BCUT2D eigenvalue weighted by Gasteiger charge is 2.55. The first kappa shape index (κ1) is 20.1. The number of hydrogen-bond acceptors (Lipinski definition) is 8. The molecule has 8 nitrogen and oxygen atoms in total. The first-order valence-corrected chi connectivity index (χ1v) is 12.1. The van der Waals surface area contributed by atoms with Gasteiger partial charge in [-0.15, -0.1) is 0 Å². The zero-order valence-electron chi connectivity index (χ0n) is 15.4. The summed E-state index contributed by atoms with van der Waals surface area (Å²) in [6.45, 7) is 2.03. The van der Waals surface area contributed by atoms with Crippen molar-refractivity contribution in [2.24, 2.45) is 17.3 Å². The van der Waals surface area contributed by atoms with Crippen LogP contribution in [0.15, 0.2) is 18.2 Å². The smallest absolute Gasteiger partial charge is 0.262 e. The third kappa shape index (κ3) is 3.68. The lowest BCUT2D eigenvalue weighted by Gasteiger charge is -2.50. The minimum atomic E-state index is -4.81. The van der Waals surface area contributed by atoms with Gasteiger partial charge in [0.2, 0.25) is 10.4 Å². The molecule has 2 fully saturated rings. The summed E-state index contributed by atoms with van der Waals surface area (Å²) in [5.41, 5.74) is 1.78. The summed E-state index contributed by atoms with van der Waals surface area (Å²) in [6, 6.07) is 4.97. The Hall–Kier alpha value is -1.20. The van der Waals surface area contributed by atoms with Crippen molar-refractivity contribution in [3.63, 3.8) is 0 Å². The van der Waals surface area contributed by atoms with Gasteiger partial charge in [0.25, 0.3) is 10.4 Å². The van der Waals surface area contributed by atoms with E-state index >= 15 is 0 Å². The van der Waals surface area contributed by atoms with Crippen LogP contribution in [-0.2, 0) is 31.4 Å². The summed E-state index contributed by atoms with van der Waals surface area (Å²) in [5, 5.41) is 0. The first-order chi connectivity index (χ1) is 13.0. The van der Waals surface area contributed by atoms with Crippen molar-refractivity contribution in [3.8, 4) is 5.75 Å². The summed E-state index contributed by atoms with van der Waals surface area (Å²) in [6.07, 6.45) is 4.01. The minimum Gasteiger partial charge on any atom is -0.726 e. The van der Waals surface area contributed by atoms with Crippen molar-refractivity contribution >= 4 is 20.8 Å². The van der Waals surface area contributed by atoms with Crippen molar-refractivity contribution in [1.29, 1.82) is 0 Å². The van der Waals surface area contributed by atoms with Gasteiger partial charge in [0.15, 0.2) is 0 Å². The fourth-order valence-electron chi connectivity index (χ4n) is 5.98. The quantitative estimate of drug-likeness (QED) is 0.524. The van der Waals surface area contributed by atoms with E-state index in [4.69, 9.17) is 4.18 Å². The summed E-state index contributed by atoms with van der Waals surface area (Å²) in [5.74, 6) is 0.929. The van der Waals surface area contributed by atoms with Crippen LogP contribution >= 0.6 is 0 Å².